The Morgan fingerprint density at radius 3 is 2.20 bits per heavy atom. The van der Waals surface area contributed by atoms with Crippen molar-refractivity contribution in [2.45, 2.75) is 13.8 Å². The summed E-state index contributed by atoms with van der Waals surface area (Å²) >= 11 is 0. The molecular weight excluding hydrogens is 320 g/mol. The van der Waals surface area contributed by atoms with Gasteiger partial charge in [-0.25, -0.2) is 4.98 Å². The van der Waals surface area contributed by atoms with Crippen LogP contribution in [0.5, 0.6) is 17.2 Å². The van der Waals surface area contributed by atoms with E-state index in [1.54, 1.807) is 12.1 Å². The molecule has 0 spiro atoms. The fourth-order valence-corrected chi connectivity index (χ4v) is 2.44. The van der Waals surface area contributed by atoms with E-state index in [1.165, 1.54) is 27.5 Å². The molecule has 1 N–H and O–H groups in total. The summed E-state index contributed by atoms with van der Waals surface area (Å²) in [6.07, 6.45) is 7.28. The molecular formula is C19H22N2O4. The van der Waals surface area contributed by atoms with Crippen LogP contribution < -0.4 is 14.2 Å². The van der Waals surface area contributed by atoms with Gasteiger partial charge in [0.05, 0.1) is 27.5 Å². The van der Waals surface area contributed by atoms with E-state index in [-0.39, 0.29) is 5.78 Å². The number of nitrogens with zero attached hydrogens (tertiary/aromatic N) is 1. The van der Waals surface area contributed by atoms with Crippen molar-refractivity contribution in [3.63, 3.8) is 0 Å². The first-order valence-electron chi connectivity index (χ1n) is 7.78. The van der Waals surface area contributed by atoms with Gasteiger partial charge < -0.3 is 19.2 Å². The zero-order valence-corrected chi connectivity index (χ0v) is 15.0. The van der Waals surface area contributed by atoms with Crippen molar-refractivity contribution < 1.29 is 19.0 Å². The monoisotopic (exact) mass is 342 g/mol. The number of imidazole rings is 1. The summed E-state index contributed by atoms with van der Waals surface area (Å²) in [5.74, 6) is 1.71. The van der Waals surface area contributed by atoms with Crippen LogP contribution in [0.2, 0.25) is 0 Å². The molecule has 0 aliphatic heterocycles. The van der Waals surface area contributed by atoms with E-state index in [1.807, 2.05) is 32.1 Å². The fourth-order valence-electron chi connectivity index (χ4n) is 2.44. The van der Waals surface area contributed by atoms with Gasteiger partial charge in [0.25, 0.3) is 0 Å². The fraction of sp³-hybridized carbons (Fsp3) is 0.263. The lowest BCUT2D eigenvalue weighted by Gasteiger charge is -2.13. The summed E-state index contributed by atoms with van der Waals surface area (Å²) in [4.78, 5) is 20.1. The predicted octanol–water partition coefficient (Wildman–Crippen LogP) is 3.65. The molecule has 2 aromatic rings. The summed E-state index contributed by atoms with van der Waals surface area (Å²) in [7, 11) is 4.54. The number of ether oxygens (including phenoxy) is 3. The van der Waals surface area contributed by atoms with Crippen LogP contribution in [0.25, 0.3) is 5.57 Å². The molecule has 0 atom stereocenters. The average Bonchev–Trinajstić information content (AvgIpc) is 3.13. The standard InChI is InChI=1S/C19H22N2O4/c1-6-8-12(7-2)19-20-11-14(21-19)17(22)13-9-15(23-3)18(25-5)16(10-13)24-4/h6-11H,1-5H3,(H,20,21)/b8-6-,12-7+. The summed E-state index contributed by atoms with van der Waals surface area (Å²) in [5, 5.41) is 0. The number of H-pyrrole nitrogens is 1. The van der Waals surface area contributed by atoms with Gasteiger partial charge >= 0.3 is 0 Å². The van der Waals surface area contributed by atoms with Crippen LogP contribution in [0.4, 0.5) is 0 Å². The first-order chi connectivity index (χ1) is 12.1. The number of nitrogens with one attached hydrogen (secondary N) is 1. The molecule has 6 nitrogen and oxygen atoms in total. The van der Waals surface area contributed by atoms with Crippen molar-refractivity contribution in [1.82, 2.24) is 9.97 Å². The SMILES string of the molecule is C/C=C\C(=C/C)c1ncc(C(=O)c2cc(OC)c(OC)c(OC)c2)[nH]1. The first-order valence-corrected chi connectivity index (χ1v) is 7.78. The number of rotatable bonds is 7. The van der Waals surface area contributed by atoms with Crippen molar-refractivity contribution in [3.05, 3.63) is 53.6 Å². The summed E-state index contributed by atoms with van der Waals surface area (Å²) in [5.41, 5.74) is 1.71. The zero-order chi connectivity index (χ0) is 18.4. The summed E-state index contributed by atoms with van der Waals surface area (Å²) in [6, 6.07) is 3.24. The van der Waals surface area contributed by atoms with Gasteiger partial charge in [-0.05, 0) is 26.0 Å². The number of ketones is 1. The maximum absolute atomic E-state index is 12.8. The highest BCUT2D eigenvalue weighted by molar-refractivity contribution is 6.08. The van der Waals surface area contributed by atoms with Crippen LogP contribution in [0.15, 0.2) is 36.6 Å². The van der Waals surface area contributed by atoms with Crippen LogP contribution in [-0.2, 0) is 0 Å². The van der Waals surface area contributed by atoms with Crippen LogP contribution in [-0.4, -0.2) is 37.1 Å². The second-order valence-electron chi connectivity index (χ2n) is 5.13. The van der Waals surface area contributed by atoms with Crippen LogP contribution >= 0.6 is 0 Å². The van der Waals surface area contributed by atoms with Crippen molar-refractivity contribution in [1.29, 1.82) is 0 Å². The normalized spacial score (nSPS) is 11.6. The lowest BCUT2D eigenvalue weighted by Crippen LogP contribution is -2.04. The Labute approximate surface area is 147 Å². The molecule has 0 amide bonds. The van der Waals surface area contributed by atoms with E-state index >= 15 is 0 Å². The number of aromatic amines is 1. The quantitative estimate of drug-likeness (QED) is 0.614. The Hall–Kier alpha value is -3.02. The van der Waals surface area contributed by atoms with E-state index in [4.69, 9.17) is 14.2 Å². The van der Waals surface area contributed by atoms with Crippen molar-refractivity contribution >= 4 is 11.4 Å². The van der Waals surface area contributed by atoms with Crippen LogP contribution in [0.3, 0.4) is 0 Å². The molecule has 1 heterocycles. The minimum absolute atomic E-state index is 0.214. The lowest BCUT2D eigenvalue weighted by molar-refractivity contribution is 0.103. The molecule has 6 heteroatoms. The van der Waals surface area contributed by atoms with Crippen molar-refractivity contribution in [2.24, 2.45) is 0 Å². The van der Waals surface area contributed by atoms with E-state index in [0.29, 0.717) is 34.3 Å². The van der Waals surface area contributed by atoms with E-state index in [2.05, 4.69) is 9.97 Å². The third kappa shape index (κ3) is 3.74. The number of aromatic nitrogens is 2. The van der Waals surface area contributed by atoms with Gasteiger partial charge in [-0.15, -0.1) is 0 Å². The molecule has 1 aromatic heterocycles. The molecule has 2 rings (SSSR count). The Morgan fingerprint density at radius 1 is 1.08 bits per heavy atom. The van der Waals surface area contributed by atoms with E-state index in [0.717, 1.165) is 5.57 Å². The number of hydrogen-bond acceptors (Lipinski definition) is 5. The lowest BCUT2D eigenvalue weighted by atomic mass is 10.1. The number of methoxy groups -OCH3 is 3. The largest absolute Gasteiger partial charge is 0.493 e. The minimum Gasteiger partial charge on any atom is -0.493 e. The van der Waals surface area contributed by atoms with Crippen molar-refractivity contribution in [3.8, 4) is 17.2 Å². The van der Waals surface area contributed by atoms with Gasteiger partial charge in [0, 0.05) is 11.1 Å². The Kier molecular flexibility index (Phi) is 6.00. The Morgan fingerprint density at radius 2 is 1.72 bits per heavy atom. The Balaban J connectivity index is 2.43. The molecule has 1 aromatic carbocycles. The maximum Gasteiger partial charge on any atom is 0.211 e. The molecule has 0 aliphatic carbocycles. The van der Waals surface area contributed by atoms with E-state index in [9.17, 15) is 4.79 Å². The minimum atomic E-state index is -0.214. The van der Waals surface area contributed by atoms with Gasteiger partial charge in [0.15, 0.2) is 11.5 Å². The average molecular weight is 342 g/mol. The molecule has 0 saturated carbocycles. The number of allylic oxidation sites excluding steroid dienone is 4. The molecule has 0 saturated heterocycles. The van der Waals surface area contributed by atoms with Crippen LogP contribution in [0, 0.1) is 0 Å². The molecule has 0 unspecified atom stereocenters. The second kappa shape index (κ2) is 8.19. The third-order valence-corrected chi connectivity index (χ3v) is 3.68. The summed E-state index contributed by atoms with van der Waals surface area (Å²) in [6.45, 7) is 3.84. The van der Waals surface area contributed by atoms with Gasteiger partial charge in [-0.2, -0.15) is 0 Å². The molecule has 25 heavy (non-hydrogen) atoms. The van der Waals surface area contributed by atoms with Gasteiger partial charge in [-0.3, -0.25) is 4.79 Å². The smallest absolute Gasteiger partial charge is 0.211 e. The summed E-state index contributed by atoms with van der Waals surface area (Å²) < 4.78 is 15.9. The number of carbonyl (C=O) groups excluding carboxylic acids is 1. The molecule has 0 bridgehead atoms. The number of carbonyl (C=O) groups is 1. The zero-order valence-electron chi connectivity index (χ0n) is 15.0. The maximum atomic E-state index is 12.8. The van der Waals surface area contributed by atoms with Gasteiger partial charge in [-0.1, -0.05) is 18.2 Å². The van der Waals surface area contributed by atoms with Gasteiger partial charge in [0.1, 0.15) is 11.5 Å². The first kappa shape index (κ1) is 18.3. The van der Waals surface area contributed by atoms with E-state index < -0.39 is 0 Å². The molecule has 0 radical (unpaired) electrons. The molecule has 0 fully saturated rings. The highest BCUT2D eigenvalue weighted by Gasteiger charge is 2.19. The topological polar surface area (TPSA) is 73.4 Å². The van der Waals surface area contributed by atoms with Gasteiger partial charge in [0.2, 0.25) is 11.5 Å². The van der Waals surface area contributed by atoms with Crippen LogP contribution in [0.1, 0.15) is 35.7 Å². The Bertz CT molecular complexity index is 794. The number of hydrogen-bond donors (Lipinski definition) is 1. The third-order valence-electron chi connectivity index (χ3n) is 3.68. The molecule has 132 valence electrons. The highest BCUT2D eigenvalue weighted by atomic mass is 16.5. The van der Waals surface area contributed by atoms with Crippen molar-refractivity contribution in [2.75, 3.05) is 21.3 Å². The molecule has 0 aliphatic rings. The number of benzene rings is 1. The highest BCUT2D eigenvalue weighted by Crippen LogP contribution is 2.38. The predicted molar refractivity (Wildman–Crippen MR) is 96.6 cm³/mol. The second-order valence-corrected chi connectivity index (χ2v) is 5.13.